The van der Waals surface area contributed by atoms with E-state index in [1.54, 1.807) is 0 Å². The molecule has 0 fully saturated rings. The summed E-state index contributed by atoms with van der Waals surface area (Å²) in [6, 6.07) is 0. The van der Waals surface area contributed by atoms with Crippen LogP contribution >= 0.6 is 0 Å². The predicted octanol–water partition coefficient (Wildman–Crippen LogP) is -2.09. The first-order chi connectivity index (χ1) is 8.88. The molecule has 0 aromatic heterocycles. The first kappa shape index (κ1) is 20.1. The maximum atomic E-state index is 9.77. The Labute approximate surface area is 110 Å². The summed E-state index contributed by atoms with van der Waals surface area (Å²) in [5, 5.41) is 40.8. The zero-order valence-electron chi connectivity index (χ0n) is 10.6. The predicted molar refractivity (Wildman–Crippen MR) is 61.7 cm³/mol. The fraction of sp³-hybridized carbons (Fsp3) is 0.800. The molecule has 5 N–H and O–H groups in total. The van der Waals surface area contributed by atoms with Gasteiger partial charge in [-0.2, -0.15) is 0 Å². The maximum absolute atomic E-state index is 9.77. The fourth-order valence-corrected chi connectivity index (χ4v) is 0.699. The third kappa shape index (κ3) is 13.0. The van der Waals surface area contributed by atoms with Crippen LogP contribution in [-0.2, 0) is 19.1 Å². The Balaban J connectivity index is 0. The molecule has 114 valence electrons. The highest BCUT2D eigenvalue weighted by molar-refractivity contribution is 5.83. The van der Waals surface area contributed by atoms with Gasteiger partial charge in [-0.15, -0.1) is 0 Å². The van der Waals surface area contributed by atoms with E-state index in [1.807, 2.05) is 6.92 Å². The zero-order chi connectivity index (χ0) is 15.3. The van der Waals surface area contributed by atoms with Crippen molar-refractivity contribution in [2.45, 2.75) is 19.1 Å². The average molecular weight is 284 g/mol. The van der Waals surface area contributed by atoms with Gasteiger partial charge in [0.15, 0.2) is 12.2 Å². The molecule has 0 aliphatic heterocycles. The van der Waals surface area contributed by atoms with E-state index in [2.05, 4.69) is 0 Å². The molecule has 0 spiro atoms. The van der Waals surface area contributed by atoms with Crippen LogP contribution in [0.1, 0.15) is 6.92 Å². The number of aliphatic carboxylic acids is 2. The van der Waals surface area contributed by atoms with Gasteiger partial charge in [-0.05, 0) is 6.92 Å². The van der Waals surface area contributed by atoms with Crippen LogP contribution in [0, 0.1) is 0 Å². The molecule has 0 bridgehead atoms. The lowest BCUT2D eigenvalue weighted by Crippen LogP contribution is -2.39. The molecule has 9 nitrogen and oxygen atoms in total. The minimum Gasteiger partial charge on any atom is -0.479 e. The van der Waals surface area contributed by atoms with Crippen LogP contribution in [0.25, 0.3) is 0 Å². The Morgan fingerprint density at radius 2 is 1.37 bits per heavy atom. The second-order valence-corrected chi connectivity index (χ2v) is 3.10. The molecule has 0 saturated heterocycles. The Morgan fingerprint density at radius 3 is 1.68 bits per heavy atom. The van der Waals surface area contributed by atoms with Gasteiger partial charge in [0.05, 0.1) is 26.4 Å². The van der Waals surface area contributed by atoms with Crippen molar-refractivity contribution in [1.29, 1.82) is 0 Å². The molecule has 0 rings (SSSR count). The third-order valence-electron chi connectivity index (χ3n) is 1.62. The lowest BCUT2D eigenvalue weighted by molar-refractivity contribution is -0.165. The number of aliphatic hydroxyl groups is 3. The topological polar surface area (TPSA) is 154 Å². The molecular formula is C10H20O9. The van der Waals surface area contributed by atoms with Crippen LogP contribution in [0.3, 0.4) is 0 Å². The number of hydrogen-bond acceptors (Lipinski definition) is 7. The Kier molecular flexibility index (Phi) is 13.9. The lowest BCUT2D eigenvalue weighted by Gasteiger charge is -2.07. The van der Waals surface area contributed by atoms with Gasteiger partial charge in [0, 0.05) is 6.61 Å². The molecule has 2 unspecified atom stereocenters. The van der Waals surface area contributed by atoms with Crippen molar-refractivity contribution >= 4 is 11.9 Å². The van der Waals surface area contributed by atoms with Gasteiger partial charge in [-0.1, -0.05) is 0 Å². The molecule has 2 atom stereocenters. The number of carboxylic acid groups (broad SMARTS) is 2. The number of carboxylic acids is 2. The van der Waals surface area contributed by atoms with Gasteiger partial charge in [0.1, 0.15) is 0 Å². The summed E-state index contributed by atoms with van der Waals surface area (Å²) >= 11 is 0. The quantitative estimate of drug-likeness (QED) is 0.300. The number of aliphatic hydroxyl groups excluding tert-OH is 3. The van der Waals surface area contributed by atoms with Gasteiger partial charge in [0.2, 0.25) is 0 Å². The Morgan fingerprint density at radius 1 is 0.947 bits per heavy atom. The molecule has 0 aliphatic rings. The van der Waals surface area contributed by atoms with Gasteiger partial charge in [-0.3, -0.25) is 0 Å². The summed E-state index contributed by atoms with van der Waals surface area (Å²) < 4.78 is 9.88. The first-order valence-electron chi connectivity index (χ1n) is 5.46. The van der Waals surface area contributed by atoms with E-state index in [4.69, 9.17) is 35.0 Å². The normalized spacial score (nSPS) is 13.1. The van der Waals surface area contributed by atoms with E-state index in [1.165, 1.54) is 0 Å². The molecule has 0 aromatic rings. The van der Waals surface area contributed by atoms with E-state index < -0.39 is 24.1 Å². The third-order valence-corrected chi connectivity index (χ3v) is 1.62. The highest BCUT2D eigenvalue weighted by atomic mass is 16.5. The number of hydrogen-bond donors (Lipinski definition) is 5. The van der Waals surface area contributed by atoms with E-state index in [0.717, 1.165) is 6.61 Å². The van der Waals surface area contributed by atoms with Crippen LogP contribution < -0.4 is 0 Å². The summed E-state index contributed by atoms with van der Waals surface area (Å²) in [7, 11) is 0. The van der Waals surface area contributed by atoms with Crippen molar-refractivity contribution in [3.8, 4) is 0 Å². The Bertz CT molecular complexity index is 219. The molecule has 9 heteroatoms. The summed E-state index contributed by atoms with van der Waals surface area (Å²) in [5.41, 5.74) is 0. The SMILES string of the molecule is CCOCCOCCO.O=C(O)C(O)C(O)C(=O)O. The smallest absolute Gasteiger partial charge is 0.335 e. The largest absolute Gasteiger partial charge is 0.479 e. The molecular weight excluding hydrogens is 264 g/mol. The van der Waals surface area contributed by atoms with E-state index in [-0.39, 0.29) is 6.61 Å². The Hall–Kier alpha value is -1.26. The van der Waals surface area contributed by atoms with Crippen LogP contribution in [0.15, 0.2) is 0 Å². The van der Waals surface area contributed by atoms with Crippen molar-refractivity contribution in [3.63, 3.8) is 0 Å². The number of carbonyl (C=O) groups is 2. The van der Waals surface area contributed by atoms with Gasteiger partial charge < -0.3 is 35.0 Å². The van der Waals surface area contributed by atoms with Crippen molar-refractivity contribution < 1.29 is 44.6 Å². The number of ether oxygens (including phenoxy) is 2. The minimum atomic E-state index is -2.27. The summed E-state index contributed by atoms with van der Waals surface area (Å²) in [6.07, 6.45) is -4.53. The van der Waals surface area contributed by atoms with Crippen molar-refractivity contribution in [2.24, 2.45) is 0 Å². The number of rotatable bonds is 9. The van der Waals surface area contributed by atoms with E-state index in [0.29, 0.717) is 19.8 Å². The van der Waals surface area contributed by atoms with E-state index >= 15 is 0 Å². The standard InChI is InChI=1S/C6H14O3.C4H6O6/c1-2-8-5-6-9-4-3-7;5-1(3(7)8)2(6)4(9)10/h7H,2-6H2,1H3;1-2,5-6H,(H,7,8)(H,9,10). The summed E-state index contributed by atoms with van der Waals surface area (Å²) in [4.78, 5) is 19.5. The molecule has 0 aromatic carbocycles. The van der Waals surface area contributed by atoms with Crippen LogP contribution in [0.5, 0.6) is 0 Å². The minimum absolute atomic E-state index is 0.0894. The second-order valence-electron chi connectivity index (χ2n) is 3.10. The van der Waals surface area contributed by atoms with Crippen molar-refractivity contribution in [2.75, 3.05) is 33.0 Å². The van der Waals surface area contributed by atoms with Crippen molar-refractivity contribution in [3.05, 3.63) is 0 Å². The average Bonchev–Trinajstić information content (AvgIpc) is 2.37. The molecule has 0 saturated carbocycles. The molecule has 0 radical (unpaired) electrons. The molecule has 0 amide bonds. The van der Waals surface area contributed by atoms with Crippen molar-refractivity contribution in [1.82, 2.24) is 0 Å². The zero-order valence-corrected chi connectivity index (χ0v) is 10.6. The van der Waals surface area contributed by atoms with Gasteiger partial charge >= 0.3 is 11.9 Å². The highest BCUT2D eigenvalue weighted by Crippen LogP contribution is 1.92. The molecule has 0 aliphatic carbocycles. The van der Waals surface area contributed by atoms with Gasteiger partial charge in [-0.25, -0.2) is 9.59 Å². The first-order valence-corrected chi connectivity index (χ1v) is 5.46. The maximum Gasteiger partial charge on any atom is 0.335 e. The highest BCUT2D eigenvalue weighted by Gasteiger charge is 2.29. The van der Waals surface area contributed by atoms with Gasteiger partial charge in [0.25, 0.3) is 0 Å². The second kappa shape index (κ2) is 13.2. The summed E-state index contributed by atoms with van der Waals surface area (Å²) in [6.45, 7) is 4.36. The summed E-state index contributed by atoms with van der Waals surface area (Å²) in [5.74, 6) is -3.54. The monoisotopic (exact) mass is 284 g/mol. The molecule has 19 heavy (non-hydrogen) atoms. The van der Waals surface area contributed by atoms with Crippen LogP contribution in [0.2, 0.25) is 0 Å². The van der Waals surface area contributed by atoms with E-state index in [9.17, 15) is 9.59 Å². The molecule has 0 heterocycles. The fourth-order valence-electron chi connectivity index (χ4n) is 0.699. The van der Waals surface area contributed by atoms with Crippen LogP contribution in [0.4, 0.5) is 0 Å². The van der Waals surface area contributed by atoms with Crippen LogP contribution in [-0.4, -0.2) is 82.7 Å². The lowest BCUT2D eigenvalue weighted by atomic mass is 10.2.